The summed E-state index contributed by atoms with van der Waals surface area (Å²) in [5, 5.41) is 10.5. The minimum Gasteiger partial charge on any atom is -0.503 e. The van der Waals surface area contributed by atoms with Gasteiger partial charge >= 0.3 is 0 Å². The summed E-state index contributed by atoms with van der Waals surface area (Å²) in [7, 11) is 0. The second-order valence-electron chi connectivity index (χ2n) is 6.60. The molecule has 0 aliphatic carbocycles. The van der Waals surface area contributed by atoms with Crippen LogP contribution in [0.2, 0.25) is 0 Å². The number of ketones is 1. The molecule has 0 spiro atoms. The summed E-state index contributed by atoms with van der Waals surface area (Å²) in [6.45, 7) is 7.28. The number of carbonyl (C=O) groups excluding carboxylic acids is 2. The van der Waals surface area contributed by atoms with E-state index in [1.54, 1.807) is 30.5 Å². The number of aromatic nitrogens is 1. The van der Waals surface area contributed by atoms with Crippen molar-refractivity contribution >= 4 is 11.7 Å². The highest BCUT2D eigenvalue weighted by molar-refractivity contribution is 6.14. The van der Waals surface area contributed by atoms with Gasteiger partial charge in [-0.1, -0.05) is 19.9 Å². The fraction of sp³-hybridized carbons (Fsp3) is 0.381. The van der Waals surface area contributed by atoms with Crippen molar-refractivity contribution in [3.63, 3.8) is 0 Å². The Bertz CT molecular complexity index is 842. The lowest BCUT2D eigenvalue weighted by Crippen LogP contribution is -2.34. The average molecular weight is 383 g/mol. The molecule has 3 heterocycles. The predicted octanol–water partition coefficient (Wildman–Crippen LogP) is 2.98. The van der Waals surface area contributed by atoms with Crippen molar-refractivity contribution in [1.82, 2.24) is 14.8 Å². The minimum atomic E-state index is -0.733. The Labute approximate surface area is 164 Å². The molecule has 1 N–H and O–H groups in total. The van der Waals surface area contributed by atoms with Gasteiger partial charge in [-0.3, -0.25) is 14.6 Å². The Morgan fingerprint density at radius 2 is 2.04 bits per heavy atom. The van der Waals surface area contributed by atoms with Gasteiger partial charge < -0.3 is 19.3 Å². The van der Waals surface area contributed by atoms with Gasteiger partial charge in [-0.15, -0.1) is 0 Å². The van der Waals surface area contributed by atoms with E-state index in [-0.39, 0.29) is 11.3 Å². The number of pyridine rings is 1. The topological polar surface area (TPSA) is 86.9 Å². The molecular formula is C21H25N3O4. The van der Waals surface area contributed by atoms with E-state index in [0.717, 1.165) is 26.1 Å². The van der Waals surface area contributed by atoms with Crippen molar-refractivity contribution < 1.29 is 19.1 Å². The average Bonchev–Trinajstić information content (AvgIpc) is 3.34. The molecule has 0 bridgehead atoms. The van der Waals surface area contributed by atoms with Crippen molar-refractivity contribution in [2.45, 2.75) is 26.3 Å². The number of hydrogen-bond donors (Lipinski definition) is 1. The Balaban J connectivity index is 1.90. The van der Waals surface area contributed by atoms with E-state index < -0.39 is 23.5 Å². The number of Topliss-reactive ketones (excluding diaryl/α,β-unsaturated/α-hetero) is 1. The fourth-order valence-electron chi connectivity index (χ4n) is 3.51. The van der Waals surface area contributed by atoms with E-state index in [9.17, 15) is 14.7 Å². The molecule has 148 valence electrons. The molecule has 1 aliphatic rings. The zero-order valence-corrected chi connectivity index (χ0v) is 16.2. The van der Waals surface area contributed by atoms with Crippen LogP contribution < -0.4 is 0 Å². The van der Waals surface area contributed by atoms with Crippen LogP contribution in [0.5, 0.6) is 0 Å². The molecule has 0 saturated carbocycles. The first-order chi connectivity index (χ1) is 13.6. The molecule has 3 rings (SSSR count). The van der Waals surface area contributed by atoms with Crippen LogP contribution in [-0.2, 0) is 4.79 Å². The highest BCUT2D eigenvalue weighted by atomic mass is 16.3. The molecule has 7 nitrogen and oxygen atoms in total. The standard InChI is InChI=1S/C21H25N3O4/c1-3-23(4-2)12-8-13-24-18(15-9-5-6-11-22-15)17(20(26)21(24)27)19(25)16-10-7-14-28-16/h5-7,9-11,14,18,26H,3-4,8,12-13H2,1-2H3/t18-/m1/s1. The number of carbonyl (C=O) groups is 2. The number of nitrogens with zero attached hydrogens (tertiary/aromatic N) is 3. The number of amides is 1. The molecule has 0 radical (unpaired) electrons. The molecule has 1 aliphatic heterocycles. The van der Waals surface area contributed by atoms with E-state index in [1.807, 2.05) is 0 Å². The zero-order chi connectivity index (χ0) is 20.1. The fourth-order valence-corrected chi connectivity index (χ4v) is 3.51. The lowest BCUT2D eigenvalue weighted by atomic mass is 9.98. The Morgan fingerprint density at radius 1 is 1.25 bits per heavy atom. The smallest absolute Gasteiger partial charge is 0.290 e. The molecular weight excluding hydrogens is 358 g/mol. The third-order valence-corrected chi connectivity index (χ3v) is 5.03. The van der Waals surface area contributed by atoms with Gasteiger partial charge in [-0.05, 0) is 50.3 Å². The van der Waals surface area contributed by atoms with Gasteiger partial charge in [-0.2, -0.15) is 0 Å². The quantitative estimate of drug-likeness (QED) is 0.670. The number of aliphatic hydroxyl groups excluding tert-OH is 1. The number of aliphatic hydroxyl groups is 1. The minimum absolute atomic E-state index is 0.0153. The summed E-state index contributed by atoms with van der Waals surface area (Å²) < 4.78 is 5.20. The molecule has 1 amide bonds. The molecule has 0 fully saturated rings. The van der Waals surface area contributed by atoms with Gasteiger partial charge in [0.2, 0.25) is 5.78 Å². The summed E-state index contributed by atoms with van der Waals surface area (Å²) in [5.41, 5.74) is 0.555. The maximum absolute atomic E-state index is 12.9. The van der Waals surface area contributed by atoms with Crippen LogP contribution in [0.1, 0.15) is 42.6 Å². The summed E-state index contributed by atoms with van der Waals surface area (Å²) in [6.07, 6.45) is 3.73. The second kappa shape index (κ2) is 8.84. The lowest BCUT2D eigenvalue weighted by Gasteiger charge is -2.27. The van der Waals surface area contributed by atoms with E-state index >= 15 is 0 Å². The van der Waals surface area contributed by atoms with Crippen molar-refractivity contribution in [3.05, 3.63) is 65.6 Å². The summed E-state index contributed by atoms with van der Waals surface area (Å²) >= 11 is 0. The first kappa shape index (κ1) is 19.8. The van der Waals surface area contributed by atoms with Crippen molar-refractivity contribution in [1.29, 1.82) is 0 Å². The van der Waals surface area contributed by atoms with E-state index in [0.29, 0.717) is 12.2 Å². The number of hydrogen-bond acceptors (Lipinski definition) is 6. The molecule has 0 saturated heterocycles. The van der Waals surface area contributed by atoms with Crippen molar-refractivity contribution in [3.8, 4) is 0 Å². The van der Waals surface area contributed by atoms with Crippen LogP contribution >= 0.6 is 0 Å². The molecule has 2 aromatic heterocycles. The van der Waals surface area contributed by atoms with Crippen LogP contribution in [0.4, 0.5) is 0 Å². The SMILES string of the molecule is CCN(CC)CCCN1C(=O)C(O)=C(C(=O)c2ccco2)[C@H]1c1ccccn1. The van der Waals surface area contributed by atoms with Crippen molar-refractivity contribution in [2.24, 2.45) is 0 Å². The highest BCUT2D eigenvalue weighted by Gasteiger charge is 2.44. The Morgan fingerprint density at radius 3 is 2.64 bits per heavy atom. The third-order valence-electron chi connectivity index (χ3n) is 5.03. The van der Waals surface area contributed by atoms with Gasteiger partial charge in [0, 0.05) is 12.7 Å². The maximum atomic E-state index is 12.9. The van der Waals surface area contributed by atoms with Gasteiger partial charge in [0.05, 0.1) is 17.5 Å². The van der Waals surface area contributed by atoms with Gasteiger partial charge in [0.1, 0.15) is 6.04 Å². The first-order valence-corrected chi connectivity index (χ1v) is 9.54. The molecule has 0 aromatic carbocycles. The van der Waals surface area contributed by atoms with Crippen molar-refractivity contribution in [2.75, 3.05) is 26.2 Å². The monoisotopic (exact) mass is 383 g/mol. The summed E-state index contributed by atoms with van der Waals surface area (Å²) in [5.74, 6) is -1.50. The lowest BCUT2D eigenvalue weighted by molar-refractivity contribution is -0.129. The normalized spacial score (nSPS) is 17.0. The number of rotatable bonds is 9. The Kier molecular flexibility index (Phi) is 6.26. The first-order valence-electron chi connectivity index (χ1n) is 9.54. The molecule has 7 heteroatoms. The molecule has 0 unspecified atom stereocenters. The zero-order valence-electron chi connectivity index (χ0n) is 16.2. The van der Waals surface area contributed by atoms with Crippen LogP contribution in [0.3, 0.4) is 0 Å². The van der Waals surface area contributed by atoms with Crippen LogP contribution in [0.15, 0.2) is 58.5 Å². The molecule has 2 aromatic rings. The second-order valence-corrected chi connectivity index (χ2v) is 6.60. The molecule has 1 atom stereocenters. The summed E-state index contributed by atoms with van der Waals surface area (Å²) in [6, 6.07) is 7.70. The third kappa shape index (κ3) is 3.84. The van der Waals surface area contributed by atoms with Gasteiger partial charge in [0.25, 0.3) is 5.91 Å². The van der Waals surface area contributed by atoms with E-state index in [1.165, 1.54) is 17.2 Å². The van der Waals surface area contributed by atoms with Gasteiger partial charge in [-0.25, -0.2) is 0 Å². The number of furan rings is 1. The van der Waals surface area contributed by atoms with Crippen LogP contribution in [0.25, 0.3) is 0 Å². The maximum Gasteiger partial charge on any atom is 0.290 e. The van der Waals surface area contributed by atoms with Crippen LogP contribution in [0, 0.1) is 0 Å². The van der Waals surface area contributed by atoms with E-state index in [4.69, 9.17) is 4.42 Å². The summed E-state index contributed by atoms with van der Waals surface area (Å²) in [4.78, 5) is 33.8. The molecule has 28 heavy (non-hydrogen) atoms. The predicted molar refractivity (Wildman–Crippen MR) is 104 cm³/mol. The highest BCUT2D eigenvalue weighted by Crippen LogP contribution is 2.38. The van der Waals surface area contributed by atoms with Gasteiger partial charge in [0.15, 0.2) is 11.5 Å². The largest absolute Gasteiger partial charge is 0.503 e. The van der Waals surface area contributed by atoms with E-state index in [2.05, 4.69) is 23.7 Å². The van der Waals surface area contributed by atoms with Crippen LogP contribution in [-0.4, -0.2) is 57.8 Å². The Hall–Kier alpha value is -2.93.